The molecule has 0 saturated carbocycles. The fourth-order valence-electron chi connectivity index (χ4n) is 2.38. The SMILES string of the molecule is NCc1cc(Cl)cc(S(=O)(=O)N2CCCCCC2)c1Cl. The van der Waals surface area contributed by atoms with Crippen LogP contribution in [0.3, 0.4) is 0 Å². The van der Waals surface area contributed by atoms with Gasteiger partial charge in [-0.3, -0.25) is 0 Å². The molecule has 0 amide bonds. The van der Waals surface area contributed by atoms with Crippen LogP contribution >= 0.6 is 23.2 Å². The standard InChI is InChI=1S/C13H18Cl2N2O2S/c14-11-7-10(9-16)13(15)12(8-11)20(18,19)17-5-3-1-2-4-6-17/h7-8H,1-6,9,16H2. The largest absolute Gasteiger partial charge is 0.326 e. The zero-order chi connectivity index (χ0) is 14.8. The van der Waals surface area contributed by atoms with Crippen molar-refractivity contribution in [3.05, 3.63) is 27.7 Å². The van der Waals surface area contributed by atoms with Gasteiger partial charge in [0.05, 0.1) is 5.02 Å². The molecule has 0 unspecified atom stereocenters. The Morgan fingerprint density at radius 2 is 1.70 bits per heavy atom. The van der Waals surface area contributed by atoms with Gasteiger partial charge in [-0.25, -0.2) is 8.42 Å². The predicted octanol–water partition coefficient (Wildman–Crippen LogP) is 3.02. The summed E-state index contributed by atoms with van der Waals surface area (Å²) in [4.78, 5) is 0.0639. The van der Waals surface area contributed by atoms with Crippen molar-refractivity contribution in [1.82, 2.24) is 4.31 Å². The Hall–Kier alpha value is -0.330. The zero-order valence-corrected chi connectivity index (χ0v) is 13.4. The molecule has 20 heavy (non-hydrogen) atoms. The average molecular weight is 337 g/mol. The Labute approximate surface area is 129 Å². The molecule has 0 spiro atoms. The van der Waals surface area contributed by atoms with Crippen molar-refractivity contribution in [1.29, 1.82) is 0 Å². The molecule has 1 aromatic carbocycles. The van der Waals surface area contributed by atoms with Crippen LogP contribution in [0.5, 0.6) is 0 Å². The maximum absolute atomic E-state index is 12.7. The minimum Gasteiger partial charge on any atom is -0.326 e. The number of hydrogen-bond acceptors (Lipinski definition) is 3. The van der Waals surface area contributed by atoms with Crippen molar-refractivity contribution in [2.75, 3.05) is 13.1 Å². The molecule has 2 N–H and O–H groups in total. The predicted molar refractivity (Wildman–Crippen MR) is 81.6 cm³/mol. The first-order valence-electron chi connectivity index (χ1n) is 6.65. The van der Waals surface area contributed by atoms with Crippen LogP contribution in [0.25, 0.3) is 0 Å². The van der Waals surface area contributed by atoms with E-state index in [4.69, 9.17) is 28.9 Å². The summed E-state index contributed by atoms with van der Waals surface area (Å²) in [5, 5.41) is 0.518. The molecular weight excluding hydrogens is 319 g/mol. The maximum Gasteiger partial charge on any atom is 0.244 e. The van der Waals surface area contributed by atoms with Crippen LogP contribution < -0.4 is 5.73 Å². The minimum absolute atomic E-state index is 0.0639. The Bertz CT molecular complexity index is 582. The topological polar surface area (TPSA) is 63.4 Å². The monoisotopic (exact) mass is 336 g/mol. The normalized spacial score (nSPS) is 17.9. The summed E-state index contributed by atoms with van der Waals surface area (Å²) in [5.74, 6) is 0. The third-order valence-corrected chi connectivity index (χ3v) is 6.18. The summed E-state index contributed by atoms with van der Waals surface area (Å²) in [6.45, 7) is 1.22. The van der Waals surface area contributed by atoms with E-state index in [2.05, 4.69) is 0 Å². The molecule has 1 aliphatic heterocycles. The number of rotatable bonds is 3. The molecule has 1 aliphatic rings. The van der Waals surface area contributed by atoms with Gasteiger partial charge >= 0.3 is 0 Å². The molecule has 4 nitrogen and oxygen atoms in total. The third kappa shape index (κ3) is 3.28. The van der Waals surface area contributed by atoms with E-state index in [9.17, 15) is 8.42 Å². The first kappa shape index (κ1) is 16.0. The molecule has 0 aromatic heterocycles. The van der Waals surface area contributed by atoms with Crippen LogP contribution in [0.2, 0.25) is 10.0 Å². The second kappa shape index (κ2) is 6.62. The van der Waals surface area contributed by atoms with Gasteiger partial charge in [-0.05, 0) is 30.5 Å². The van der Waals surface area contributed by atoms with Crippen molar-refractivity contribution in [3.8, 4) is 0 Å². The Balaban J connectivity index is 2.45. The summed E-state index contributed by atoms with van der Waals surface area (Å²) in [6.07, 6.45) is 3.87. The van der Waals surface area contributed by atoms with Gasteiger partial charge in [-0.15, -0.1) is 0 Å². The number of nitrogens with two attached hydrogens (primary N) is 1. The van der Waals surface area contributed by atoms with E-state index < -0.39 is 10.0 Å². The quantitative estimate of drug-likeness (QED) is 0.922. The van der Waals surface area contributed by atoms with E-state index in [1.165, 1.54) is 10.4 Å². The number of sulfonamides is 1. The van der Waals surface area contributed by atoms with Gasteiger partial charge < -0.3 is 5.73 Å². The summed E-state index contributed by atoms with van der Waals surface area (Å²) < 4.78 is 26.9. The van der Waals surface area contributed by atoms with Crippen LogP contribution in [0.15, 0.2) is 17.0 Å². The van der Waals surface area contributed by atoms with Crippen LogP contribution in [-0.4, -0.2) is 25.8 Å². The molecule has 7 heteroatoms. The van der Waals surface area contributed by atoms with Gasteiger partial charge in [0.25, 0.3) is 0 Å². The number of nitrogens with zero attached hydrogens (tertiary/aromatic N) is 1. The fraction of sp³-hybridized carbons (Fsp3) is 0.538. The summed E-state index contributed by atoms with van der Waals surface area (Å²) in [7, 11) is -3.61. The molecule has 1 fully saturated rings. The van der Waals surface area contributed by atoms with E-state index in [0.29, 0.717) is 23.7 Å². The highest BCUT2D eigenvalue weighted by atomic mass is 35.5. The van der Waals surface area contributed by atoms with Crippen molar-refractivity contribution < 1.29 is 8.42 Å². The summed E-state index contributed by atoms with van der Waals surface area (Å²) in [5.41, 5.74) is 6.13. The average Bonchev–Trinajstić information content (AvgIpc) is 2.70. The molecule has 0 atom stereocenters. The van der Waals surface area contributed by atoms with Gasteiger partial charge in [0.2, 0.25) is 10.0 Å². The van der Waals surface area contributed by atoms with Gasteiger partial charge in [0.1, 0.15) is 4.90 Å². The third-order valence-electron chi connectivity index (χ3n) is 3.48. The summed E-state index contributed by atoms with van der Waals surface area (Å²) >= 11 is 12.2. The molecule has 0 bridgehead atoms. The Morgan fingerprint density at radius 3 is 2.25 bits per heavy atom. The fourth-order valence-corrected chi connectivity index (χ4v) is 4.81. The second-order valence-electron chi connectivity index (χ2n) is 4.90. The van der Waals surface area contributed by atoms with Crippen molar-refractivity contribution in [2.24, 2.45) is 5.73 Å². The molecule has 0 aliphatic carbocycles. The molecule has 1 heterocycles. The first-order chi connectivity index (χ1) is 9.46. The van der Waals surface area contributed by atoms with Gasteiger partial charge in [-0.1, -0.05) is 36.0 Å². The lowest BCUT2D eigenvalue weighted by Crippen LogP contribution is -2.32. The zero-order valence-electron chi connectivity index (χ0n) is 11.1. The van der Waals surface area contributed by atoms with E-state index in [1.807, 2.05) is 0 Å². The first-order valence-corrected chi connectivity index (χ1v) is 8.84. The van der Waals surface area contributed by atoms with E-state index in [1.54, 1.807) is 6.07 Å². The lowest BCUT2D eigenvalue weighted by Gasteiger charge is -2.21. The van der Waals surface area contributed by atoms with Crippen LogP contribution in [0.1, 0.15) is 31.2 Å². The highest BCUT2D eigenvalue weighted by Crippen LogP contribution is 2.32. The lowest BCUT2D eigenvalue weighted by atomic mass is 10.2. The smallest absolute Gasteiger partial charge is 0.244 e. The van der Waals surface area contributed by atoms with Crippen LogP contribution in [0.4, 0.5) is 0 Å². The molecule has 1 aromatic rings. The van der Waals surface area contributed by atoms with Crippen LogP contribution in [-0.2, 0) is 16.6 Å². The van der Waals surface area contributed by atoms with Gasteiger partial charge in [0, 0.05) is 24.7 Å². The molecule has 2 rings (SSSR count). The Morgan fingerprint density at radius 1 is 1.10 bits per heavy atom. The lowest BCUT2D eigenvalue weighted by molar-refractivity contribution is 0.423. The summed E-state index contributed by atoms with van der Waals surface area (Å²) in [6, 6.07) is 3.01. The van der Waals surface area contributed by atoms with Gasteiger partial charge in [-0.2, -0.15) is 4.31 Å². The van der Waals surface area contributed by atoms with E-state index in [-0.39, 0.29) is 16.5 Å². The number of hydrogen-bond donors (Lipinski definition) is 1. The number of benzene rings is 1. The molecule has 1 saturated heterocycles. The van der Waals surface area contributed by atoms with Crippen LogP contribution in [0, 0.1) is 0 Å². The molecular formula is C13H18Cl2N2O2S. The van der Waals surface area contributed by atoms with Crippen molar-refractivity contribution in [3.63, 3.8) is 0 Å². The molecule has 0 radical (unpaired) electrons. The minimum atomic E-state index is -3.61. The second-order valence-corrected chi connectivity index (χ2v) is 7.62. The Kier molecular flexibility index (Phi) is 5.31. The number of halogens is 2. The highest BCUT2D eigenvalue weighted by Gasteiger charge is 2.28. The highest BCUT2D eigenvalue weighted by molar-refractivity contribution is 7.89. The molecule has 112 valence electrons. The van der Waals surface area contributed by atoms with Crippen molar-refractivity contribution in [2.45, 2.75) is 37.1 Å². The van der Waals surface area contributed by atoms with Gasteiger partial charge in [0.15, 0.2) is 0 Å². The van der Waals surface area contributed by atoms with Crippen molar-refractivity contribution >= 4 is 33.2 Å². The van der Waals surface area contributed by atoms with E-state index >= 15 is 0 Å². The maximum atomic E-state index is 12.7. The van der Waals surface area contributed by atoms with E-state index in [0.717, 1.165) is 25.7 Å².